The first-order valence-electron chi connectivity index (χ1n) is 10.9. The van der Waals surface area contributed by atoms with E-state index in [0.29, 0.717) is 31.8 Å². The number of hydrogen-bond acceptors (Lipinski definition) is 7. The summed E-state index contributed by atoms with van der Waals surface area (Å²) >= 11 is 0. The lowest BCUT2D eigenvalue weighted by atomic mass is 9.86. The minimum Gasteiger partial charge on any atom is -0.425 e. The first-order valence-corrected chi connectivity index (χ1v) is 10.9. The van der Waals surface area contributed by atoms with Crippen LogP contribution in [0.25, 0.3) is 0 Å². The highest BCUT2D eigenvalue weighted by atomic mass is 16.4. The number of piperazine rings is 1. The Morgan fingerprint density at radius 3 is 2.38 bits per heavy atom. The minimum absolute atomic E-state index is 0.139. The van der Waals surface area contributed by atoms with Crippen molar-refractivity contribution in [1.82, 2.24) is 25.1 Å². The first kappa shape index (κ1) is 19.8. The number of hydrogen-bond donors (Lipinski definition) is 0. The zero-order valence-corrected chi connectivity index (χ0v) is 17.0. The van der Waals surface area contributed by atoms with E-state index in [-0.39, 0.29) is 5.91 Å². The SMILES string of the molecule is O=C(CCc1nnc(CCC2CCCCC2)o1)N1CCN(c2ncccn2)CC1. The van der Waals surface area contributed by atoms with Crippen LogP contribution < -0.4 is 4.90 Å². The summed E-state index contributed by atoms with van der Waals surface area (Å²) in [4.78, 5) is 25.1. The third-order valence-corrected chi connectivity index (χ3v) is 6.02. The largest absolute Gasteiger partial charge is 0.425 e. The van der Waals surface area contributed by atoms with Gasteiger partial charge in [-0.1, -0.05) is 32.1 Å². The number of carbonyl (C=O) groups excluding carboxylic acids is 1. The quantitative estimate of drug-likeness (QED) is 0.708. The van der Waals surface area contributed by atoms with E-state index in [1.54, 1.807) is 12.4 Å². The molecule has 0 N–H and O–H groups in total. The second-order valence-corrected chi connectivity index (χ2v) is 8.05. The molecular weight excluding hydrogens is 368 g/mol. The Bertz CT molecular complexity index is 766. The highest BCUT2D eigenvalue weighted by Gasteiger charge is 2.23. The van der Waals surface area contributed by atoms with Crippen molar-refractivity contribution in [2.45, 2.75) is 57.8 Å². The zero-order valence-electron chi connectivity index (χ0n) is 17.0. The molecule has 1 aliphatic carbocycles. The van der Waals surface area contributed by atoms with Gasteiger partial charge < -0.3 is 14.2 Å². The van der Waals surface area contributed by atoms with Crippen molar-refractivity contribution >= 4 is 11.9 Å². The number of rotatable bonds is 7. The second-order valence-electron chi connectivity index (χ2n) is 8.05. The van der Waals surface area contributed by atoms with E-state index in [4.69, 9.17) is 4.42 Å². The van der Waals surface area contributed by atoms with E-state index in [2.05, 4.69) is 25.1 Å². The average Bonchev–Trinajstić information content (AvgIpc) is 3.25. The molecule has 0 spiro atoms. The van der Waals surface area contributed by atoms with Gasteiger partial charge in [-0.2, -0.15) is 0 Å². The van der Waals surface area contributed by atoms with Crippen LogP contribution in [-0.2, 0) is 17.6 Å². The number of aromatic nitrogens is 4. The van der Waals surface area contributed by atoms with Gasteiger partial charge in [0.25, 0.3) is 0 Å². The lowest BCUT2D eigenvalue weighted by Crippen LogP contribution is -2.49. The molecule has 0 radical (unpaired) electrons. The normalized spacial score (nSPS) is 18.2. The molecule has 1 saturated carbocycles. The van der Waals surface area contributed by atoms with E-state index in [1.807, 2.05) is 11.0 Å². The van der Waals surface area contributed by atoms with Crippen LogP contribution in [0.4, 0.5) is 5.95 Å². The van der Waals surface area contributed by atoms with E-state index in [1.165, 1.54) is 32.1 Å². The summed E-state index contributed by atoms with van der Waals surface area (Å²) in [5.74, 6) is 2.97. The van der Waals surface area contributed by atoms with Crippen LogP contribution in [0, 0.1) is 5.92 Å². The van der Waals surface area contributed by atoms with Gasteiger partial charge in [-0.3, -0.25) is 4.79 Å². The van der Waals surface area contributed by atoms with Gasteiger partial charge in [0.1, 0.15) is 0 Å². The monoisotopic (exact) mass is 398 g/mol. The second kappa shape index (κ2) is 9.80. The highest BCUT2D eigenvalue weighted by molar-refractivity contribution is 5.76. The fraction of sp³-hybridized carbons (Fsp3) is 0.667. The van der Waals surface area contributed by atoms with E-state index in [9.17, 15) is 4.79 Å². The number of aryl methyl sites for hydroxylation is 2. The standard InChI is InChI=1S/C21H30N6O2/c28-20(26-13-15-27(16-14-26)21-22-11-4-12-23-21)10-9-19-25-24-18(29-19)8-7-17-5-2-1-3-6-17/h4,11-12,17H,1-3,5-10,13-16H2. The third-order valence-electron chi connectivity index (χ3n) is 6.02. The Balaban J connectivity index is 1.18. The molecular formula is C21H30N6O2. The Kier molecular flexibility index (Phi) is 6.69. The topological polar surface area (TPSA) is 88.3 Å². The molecule has 1 amide bonds. The van der Waals surface area contributed by atoms with Crippen LogP contribution in [0.3, 0.4) is 0 Å². The molecule has 0 unspecified atom stereocenters. The maximum atomic E-state index is 12.5. The molecule has 1 saturated heterocycles. The number of anilines is 1. The van der Waals surface area contributed by atoms with E-state index in [0.717, 1.165) is 43.7 Å². The predicted octanol–water partition coefficient (Wildman–Crippen LogP) is 2.65. The Morgan fingerprint density at radius 1 is 0.966 bits per heavy atom. The molecule has 2 fully saturated rings. The summed E-state index contributed by atoms with van der Waals surface area (Å²) < 4.78 is 5.77. The number of amides is 1. The lowest BCUT2D eigenvalue weighted by Gasteiger charge is -2.34. The van der Waals surface area contributed by atoms with Crippen molar-refractivity contribution in [2.24, 2.45) is 5.92 Å². The Morgan fingerprint density at radius 2 is 1.66 bits per heavy atom. The van der Waals surface area contributed by atoms with E-state index < -0.39 is 0 Å². The molecule has 29 heavy (non-hydrogen) atoms. The van der Waals surface area contributed by atoms with Crippen molar-refractivity contribution in [3.63, 3.8) is 0 Å². The smallest absolute Gasteiger partial charge is 0.225 e. The van der Waals surface area contributed by atoms with Crippen molar-refractivity contribution in [3.8, 4) is 0 Å². The molecule has 2 aromatic heterocycles. The zero-order chi connectivity index (χ0) is 19.9. The van der Waals surface area contributed by atoms with Gasteiger partial charge in [0, 0.05) is 57.8 Å². The van der Waals surface area contributed by atoms with Crippen LogP contribution in [0.2, 0.25) is 0 Å². The van der Waals surface area contributed by atoms with Gasteiger partial charge in [0.15, 0.2) is 0 Å². The van der Waals surface area contributed by atoms with Crippen molar-refractivity contribution in [3.05, 3.63) is 30.2 Å². The molecule has 8 nitrogen and oxygen atoms in total. The highest BCUT2D eigenvalue weighted by Crippen LogP contribution is 2.27. The molecule has 0 atom stereocenters. The molecule has 3 heterocycles. The maximum Gasteiger partial charge on any atom is 0.225 e. The fourth-order valence-corrected chi connectivity index (χ4v) is 4.28. The lowest BCUT2D eigenvalue weighted by molar-refractivity contribution is -0.131. The molecule has 1 aliphatic heterocycles. The van der Waals surface area contributed by atoms with Gasteiger partial charge in [-0.25, -0.2) is 9.97 Å². The van der Waals surface area contributed by atoms with Gasteiger partial charge >= 0.3 is 0 Å². The Labute approximate surface area is 171 Å². The van der Waals surface area contributed by atoms with Crippen LogP contribution in [0.5, 0.6) is 0 Å². The summed E-state index contributed by atoms with van der Waals surface area (Å²) in [5.41, 5.74) is 0. The molecule has 2 aromatic rings. The van der Waals surface area contributed by atoms with Crippen LogP contribution in [0.15, 0.2) is 22.9 Å². The molecule has 156 valence electrons. The van der Waals surface area contributed by atoms with Crippen LogP contribution in [-0.4, -0.2) is 57.2 Å². The van der Waals surface area contributed by atoms with E-state index >= 15 is 0 Å². The summed E-state index contributed by atoms with van der Waals surface area (Å²) in [6.45, 7) is 2.88. The van der Waals surface area contributed by atoms with Gasteiger partial charge in [0.2, 0.25) is 23.6 Å². The minimum atomic E-state index is 0.139. The van der Waals surface area contributed by atoms with Gasteiger partial charge in [0.05, 0.1) is 0 Å². The Hall–Kier alpha value is -2.51. The molecule has 0 aromatic carbocycles. The molecule has 2 aliphatic rings. The van der Waals surface area contributed by atoms with Gasteiger partial charge in [-0.15, -0.1) is 10.2 Å². The van der Waals surface area contributed by atoms with Crippen molar-refractivity contribution < 1.29 is 9.21 Å². The van der Waals surface area contributed by atoms with Gasteiger partial charge in [-0.05, 0) is 18.4 Å². The maximum absolute atomic E-state index is 12.5. The first-order chi connectivity index (χ1) is 14.3. The van der Waals surface area contributed by atoms with Crippen LogP contribution in [0.1, 0.15) is 56.7 Å². The van der Waals surface area contributed by atoms with Crippen molar-refractivity contribution in [1.29, 1.82) is 0 Å². The number of carbonyl (C=O) groups is 1. The summed E-state index contributed by atoms with van der Waals surface area (Å²) in [5, 5.41) is 8.31. The summed E-state index contributed by atoms with van der Waals surface area (Å²) in [6, 6.07) is 1.81. The third kappa shape index (κ3) is 5.52. The van der Waals surface area contributed by atoms with Crippen molar-refractivity contribution in [2.75, 3.05) is 31.1 Å². The summed E-state index contributed by atoms with van der Waals surface area (Å²) in [7, 11) is 0. The number of nitrogens with zero attached hydrogens (tertiary/aromatic N) is 6. The van der Waals surface area contributed by atoms with Crippen LogP contribution >= 0.6 is 0 Å². The predicted molar refractivity (Wildman–Crippen MR) is 108 cm³/mol. The molecule has 8 heteroatoms. The molecule has 0 bridgehead atoms. The summed E-state index contributed by atoms with van der Waals surface area (Å²) in [6.07, 6.45) is 13.2. The average molecular weight is 399 g/mol. The molecule has 4 rings (SSSR count). The fourth-order valence-electron chi connectivity index (χ4n) is 4.28.